The Bertz CT molecular complexity index is 738. The lowest BCUT2D eigenvalue weighted by molar-refractivity contribution is -0.174. The molecule has 0 aliphatic heterocycles. The van der Waals surface area contributed by atoms with Gasteiger partial charge in [-0.05, 0) is 111 Å². The van der Waals surface area contributed by atoms with Gasteiger partial charge in [-0.2, -0.15) is 0 Å². The largest absolute Gasteiger partial charge is 0.748 e. The number of rotatable bonds is 5. The highest BCUT2D eigenvalue weighted by Gasteiger charge is 2.62. The highest BCUT2D eigenvalue weighted by atomic mass is 32.2. The number of hydrogen-bond acceptors (Lipinski definition) is 5. The lowest BCUT2D eigenvalue weighted by Crippen LogP contribution is -2.58. The minimum atomic E-state index is -4.13. The Kier molecular flexibility index (Phi) is 6.13. The highest BCUT2D eigenvalue weighted by molar-refractivity contribution is 7.85. The second-order valence-corrected chi connectivity index (χ2v) is 13.4. The number of fused-ring (bicyclic) bond motifs is 5. The van der Waals surface area contributed by atoms with Crippen LogP contribution in [0.25, 0.3) is 0 Å². The van der Waals surface area contributed by atoms with E-state index in [4.69, 9.17) is 0 Å². The van der Waals surface area contributed by atoms with E-state index in [1.807, 2.05) is 0 Å². The van der Waals surface area contributed by atoms with Gasteiger partial charge in [0.05, 0.1) is 22.3 Å². The van der Waals surface area contributed by atoms with Crippen LogP contribution >= 0.6 is 0 Å². The van der Waals surface area contributed by atoms with Gasteiger partial charge in [-0.1, -0.05) is 20.8 Å². The molecule has 2 N–H and O–H groups in total. The van der Waals surface area contributed by atoms with Crippen LogP contribution in [0.1, 0.15) is 85.0 Å². The van der Waals surface area contributed by atoms with Crippen LogP contribution < -0.4 is 0 Å². The molecular formula is C24H41O5S-. The van der Waals surface area contributed by atoms with Crippen molar-refractivity contribution in [3.63, 3.8) is 0 Å². The predicted octanol–water partition coefficient (Wildman–Crippen LogP) is 3.94. The third-order valence-corrected chi connectivity index (χ3v) is 11.3. The summed E-state index contributed by atoms with van der Waals surface area (Å²) in [4.78, 5) is 0. The van der Waals surface area contributed by atoms with Crippen molar-refractivity contribution in [3.8, 4) is 0 Å². The maximum atomic E-state index is 11.3. The molecule has 0 spiro atoms. The second kappa shape index (κ2) is 8.00. The molecule has 0 aromatic heterocycles. The van der Waals surface area contributed by atoms with Crippen molar-refractivity contribution in [1.29, 1.82) is 0 Å². The van der Waals surface area contributed by atoms with Crippen LogP contribution in [0.2, 0.25) is 0 Å². The van der Waals surface area contributed by atoms with Crippen molar-refractivity contribution in [2.75, 3.05) is 5.75 Å². The topological polar surface area (TPSA) is 97.7 Å². The molecule has 0 unspecified atom stereocenters. The van der Waals surface area contributed by atoms with Crippen LogP contribution in [0.3, 0.4) is 0 Å². The van der Waals surface area contributed by atoms with Gasteiger partial charge >= 0.3 is 0 Å². The summed E-state index contributed by atoms with van der Waals surface area (Å²) < 4.78 is 33.0. The first-order valence-corrected chi connectivity index (χ1v) is 13.8. The van der Waals surface area contributed by atoms with E-state index in [1.54, 1.807) is 0 Å². The van der Waals surface area contributed by atoms with Crippen LogP contribution in [0.5, 0.6) is 0 Å². The van der Waals surface area contributed by atoms with E-state index in [0.29, 0.717) is 41.9 Å². The zero-order chi connectivity index (χ0) is 21.9. The van der Waals surface area contributed by atoms with Crippen molar-refractivity contribution in [1.82, 2.24) is 0 Å². The third kappa shape index (κ3) is 3.88. The Morgan fingerprint density at radius 2 is 1.67 bits per heavy atom. The fourth-order valence-electron chi connectivity index (χ4n) is 8.96. The van der Waals surface area contributed by atoms with E-state index < -0.39 is 10.1 Å². The number of aliphatic hydroxyl groups is 2. The summed E-state index contributed by atoms with van der Waals surface area (Å²) in [6, 6.07) is 0. The first-order valence-electron chi connectivity index (χ1n) is 12.3. The maximum Gasteiger partial charge on any atom is 0.0945 e. The monoisotopic (exact) mass is 441 g/mol. The van der Waals surface area contributed by atoms with Crippen molar-refractivity contribution < 1.29 is 23.2 Å². The smallest absolute Gasteiger partial charge is 0.0945 e. The van der Waals surface area contributed by atoms with Crippen LogP contribution in [0.4, 0.5) is 0 Å². The van der Waals surface area contributed by atoms with E-state index in [0.717, 1.165) is 51.4 Å². The molecule has 4 saturated carbocycles. The van der Waals surface area contributed by atoms with Crippen LogP contribution in [0.15, 0.2) is 0 Å². The summed E-state index contributed by atoms with van der Waals surface area (Å²) in [6.45, 7) is 7.10. The van der Waals surface area contributed by atoms with Gasteiger partial charge in [0.25, 0.3) is 0 Å². The Hall–Kier alpha value is -0.170. The third-order valence-electron chi connectivity index (χ3n) is 10.5. The molecule has 0 saturated heterocycles. The summed E-state index contributed by atoms with van der Waals surface area (Å²) in [6.07, 6.45) is 9.12. The molecule has 0 radical (unpaired) electrons. The summed E-state index contributed by atoms with van der Waals surface area (Å²) >= 11 is 0. The molecule has 174 valence electrons. The summed E-state index contributed by atoms with van der Waals surface area (Å²) in [7, 11) is -4.13. The van der Waals surface area contributed by atoms with E-state index in [1.165, 1.54) is 6.42 Å². The Labute approximate surface area is 182 Å². The highest BCUT2D eigenvalue weighted by Crippen LogP contribution is 2.68. The number of hydrogen-bond donors (Lipinski definition) is 2. The van der Waals surface area contributed by atoms with Crippen LogP contribution in [-0.2, 0) is 10.1 Å². The lowest BCUT2D eigenvalue weighted by Gasteiger charge is -2.62. The molecule has 0 bridgehead atoms. The summed E-state index contributed by atoms with van der Waals surface area (Å²) in [5.41, 5.74) is 0.450. The maximum absolute atomic E-state index is 11.3. The second-order valence-electron chi connectivity index (χ2n) is 11.8. The average Bonchev–Trinajstić information content (AvgIpc) is 2.99. The molecule has 0 heterocycles. The molecule has 4 aliphatic carbocycles. The Morgan fingerprint density at radius 1 is 1.00 bits per heavy atom. The van der Waals surface area contributed by atoms with E-state index in [-0.39, 0.29) is 28.8 Å². The van der Waals surface area contributed by atoms with Crippen molar-refractivity contribution in [3.05, 3.63) is 0 Å². The fourth-order valence-corrected chi connectivity index (χ4v) is 9.48. The van der Waals surface area contributed by atoms with Gasteiger partial charge in [0.2, 0.25) is 0 Å². The Balaban J connectivity index is 1.50. The zero-order valence-corrected chi connectivity index (χ0v) is 19.7. The van der Waals surface area contributed by atoms with Gasteiger partial charge in [-0.3, -0.25) is 0 Å². The Morgan fingerprint density at radius 3 is 2.37 bits per heavy atom. The summed E-state index contributed by atoms with van der Waals surface area (Å²) in [5.74, 6) is 2.59. The lowest BCUT2D eigenvalue weighted by atomic mass is 9.43. The molecule has 5 nitrogen and oxygen atoms in total. The normalized spacial score (nSPS) is 49.7. The molecule has 30 heavy (non-hydrogen) atoms. The molecule has 4 fully saturated rings. The molecule has 4 aliphatic rings. The zero-order valence-electron chi connectivity index (χ0n) is 18.9. The van der Waals surface area contributed by atoms with E-state index in [2.05, 4.69) is 20.8 Å². The summed E-state index contributed by atoms with van der Waals surface area (Å²) in [5, 5.41) is 21.5. The van der Waals surface area contributed by atoms with E-state index in [9.17, 15) is 23.2 Å². The molecule has 0 aromatic carbocycles. The molecule has 4 rings (SSSR count). The van der Waals surface area contributed by atoms with E-state index >= 15 is 0 Å². The first-order chi connectivity index (χ1) is 14.0. The molecule has 0 aromatic rings. The minimum absolute atomic E-state index is 0.199. The van der Waals surface area contributed by atoms with Gasteiger partial charge in [0, 0.05) is 5.75 Å². The van der Waals surface area contributed by atoms with Gasteiger partial charge in [0.1, 0.15) is 0 Å². The average molecular weight is 442 g/mol. The SMILES string of the molecule is C[C@H](CCCS(=O)(=O)[O-])[C@@H]1CC[C@@H]2[C@H]3[C@@H](CC[C@@]21C)[C@@]1(C)CC[C@@H](O)C[C@H]1C[C@@H]3O. The predicted molar refractivity (Wildman–Crippen MR) is 116 cm³/mol. The quantitative estimate of drug-likeness (QED) is 0.630. The molecule has 10 atom stereocenters. The number of aliphatic hydroxyl groups excluding tert-OH is 2. The van der Waals surface area contributed by atoms with Gasteiger partial charge in [0.15, 0.2) is 0 Å². The van der Waals surface area contributed by atoms with Crippen molar-refractivity contribution >= 4 is 10.1 Å². The standard InChI is InChI=1S/C24H42O5S/c1-15(5-4-12-30(27,28)29)18-6-7-19-22-20(9-11-24(18,19)3)23(2)10-8-17(25)13-16(23)14-21(22)26/h15-22,25-26H,4-14H2,1-3H3,(H,27,28,29)/p-1/t15-,16+,17-,18+,19-,20-,21+,22+,23+,24-/m1/s1. The molecular weight excluding hydrogens is 400 g/mol. The van der Waals surface area contributed by atoms with Crippen LogP contribution in [-0.4, -0.2) is 41.1 Å². The minimum Gasteiger partial charge on any atom is -0.748 e. The van der Waals surface area contributed by atoms with Crippen molar-refractivity contribution in [2.24, 2.45) is 46.3 Å². The first kappa shape index (κ1) is 23.0. The van der Waals surface area contributed by atoms with Crippen LogP contribution in [0, 0.1) is 46.3 Å². The molecule has 0 amide bonds. The van der Waals surface area contributed by atoms with Crippen molar-refractivity contribution in [2.45, 2.75) is 97.2 Å². The fraction of sp³-hybridized carbons (Fsp3) is 1.00. The van der Waals surface area contributed by atoms with Gasteiger partial charge in [-0.15, -0.1) is 0 Å². The molecule has 6 heteroatoms. The van der Waals surface area contributed by atoms with Gasteiger partial charge < -0.3 is 14.8 Å². The van der Waals surface area contributed by atoms with Gasteiger partial charge in [-0.25, -0.2) is 8.42 Å².